The minimum atomic E-state index is -0.128. The lowest BCUT2D eigenvalue weighted by atomic mass is 10.1. The van der Waals surface area contributed by atoms with Crippen LogP contribution in [0.1, 0.15) is 20.8 Å². The molecular formula is C9H14N2. The molecule has 0 aromatic heterocycles. The van der Waals surface area contributed by atoms with Gasteiger partial charge in [0.15, 0.2) is 0 Å². The average Bonchev–Trinajstić information content (AvgIpc) is 1.83. The van der Waals surface area contributed by atoms with Gasteiger partial charge in [-0.15, -0.1) is 0 Å². The molecule has 0 N–H and O–H groups in total. The van der Waals surface area contributed by atoms with E-state index in [1.165, 1.54) is 5.57 Å². The van der Waals surface area contributed by atoms with Gasteiger partial charge in [0.25, 0.3) is 0 Å². The molecule has 1 rings (SSSR count). The van der Waals surface area contributed by atoms with E-state index in [1.807, 2.05) is 32.4 Å². The maximum atomic E-state index is 4.32. The highest BCUT2D eigenvalue weighted by atomic mass is 14.9. The van der Waals surface area contributed by atoms with Crippen molar-refractivity contribution < 1.29 is 0 Å². The van der Waals surface area contributed by atoms with Crippen LogP contribution in [0.15, 0.2) is 21.6 Å². The Labute approximate surface area is 67.8 Å². The van der Waals surface area contributed by atoms with Gasteiger partial charge in [0.2, 0.25) is 0 Å². The standard InChI is InChI=1S/C9H14N2/c1-8-4-5-11-9(2,3)7-10-6-8/h4-5,7H,6H2,1-3H3. The van der Waals surface area contributed by atoms with Crippen molar-refractivity contribution >= 4 is 12.4 Å². The molecule has 1 aliphatic heterocycles. The molecule has 11 heavy (non-hydrogen) atoms. The molecule has 2 heteroatoms. The fourth-order valence-corrected chi connectivity index (χ4v) is 0.856. The topological polar surface area (TPSA) is 24.7 Å². The van der Waals surface area contributed by atoms with Crippen LogP contribution in [-0.2, 0) is 0 Å². The monoisotopic (exact) mass is 150 g/mol. The van der Waals surface area contributed by atoms with Gasteiger partial charge < -0.3 is 0 Å². The molecular weight excluding hydrogens is 136 g/mol. The first kappa shape index (κ1) is 8.18. The number of aliphatic imine (C=N–C) groups is 2. The van der Waals surface area contributed by atoms with E-state index in [9.17, 15) is 0 Å². The van der Waals surface area contributed by atoms with Gasteiger partial charge >= 0.3 is 0 Å². The van der Waals surface area contributed by atoms with E-state index >= 15 is 0 Å². The number of hydrogen-bond acceptors (Lipinski definition) is 2. The molecule has 1 heterocycles. The largest absolute Gasteiger partial charge is 0.291 e. The van der Waals surface area contributed by atoms with Crippen LogP contribution in [0, 0.1) is 0 Å². The summed E-state index contributed by atoms with van der Waals surface area (Å²) < 4.78 is 0. The number of allylic oxidation sites excluding steroid dienone is 1. The lowest BCUT2D eigenvalue weighted by Crippen LogP contribution is -2.19. The number of rotatable bonds is 0. The molecule has 2 nitrogen and oxygen atoms in total. The molecule has 0 atom stereocenters. The molecule has 0 saturated heterocycles. The van der Waals surface area contributed by atoms with E-state index in [-0.39, 0.29) is 5.54 Å². The molecule has 0 spiro atoms. The molecule has 0 aromatic rings. The van der Waals surface area contributed by atoms with Crippen molar-refractivity contribution in [3.8, 4) is 0 Å². The van der Waals surface area contributed by atoms with Crippen LogP contribution < -0.4 is 0 Å². The maximum absolute atomic E-state index is 4.32. The molecule has 0 amide bonds. The molecule has 1 aliphatic rings. The predicted octanol–water partition coefficient (Wildman–Crippen LogP) is 1.87. The smallest absolute Gasteiger partial charge is 0.0897 e. The number of nitrogens with zero attached hydrogens (tertiary/aromatic N) is 2. The van der Waals surface area contributed by atoms with Crippen LogP contribution in [0.2, 0.25) is 0 Å². The molecule has 0 fully saturated rings. The Kier molecular flexibility index (Phi) is 2.22. The molecule has 0 unspecified atom stereocenters. The summed E-state index contributed by atoms with van der Waals surface area (Å²) in [5.41, 5.74) is 1.12. The van der Waals surface area contributed by atoms with Crippen LogP contribution in [-0.4, -0.2) is 24.5 Å². The Hall–Kier alpha value is -0.920. The zero-order valence-electron chi connectivity index (χ0n) is 7.33. The van der Waals surface area contributed by atoms with Gasteiger partial charge in [-0.2, -0.15) is 0 Å². The van der Waals surface area contributed by atoms with E-state index in [4.69, 9.17) is 0 Å². The average molecular weight is 150 g/mol. The third kappa shape index (κ3) is 2.66. The summed E-state index contributed by atoms with van der Waals surface area (Å²) >= 11 is 0. The molecule has 0 radical (unpaired) electrons. The normalized spacial score (nSPS) is 22.3. The van der Waals surface area contributed by atoms with Gasteiger partial charge in [-0.05, 0) is 26.8 Å². The first-order valence-electron chi connectivity index (χ1n) is 3.82. The van der Waals surface area contributed by atoms with Crippen LogP contribution in [0.25, 0.3) is 0 Å². The SMILES string of the molecule is CC1=CC=NC(C)(C)C=NC1. The highest BCUT2D eigenvalue weighted by Crippen LogP contribution is 2.07. The third-order valence-electron chi connectivity index (χ3n) is 1.51. The highest BCUT2D eigenvalue weighted by molar-refractivity contribution is 5.79. The van der Waals surface area contributed by atoms with E-state index in [0.717, 1.165) is 6.54 Å². The third-order valence-corrected chi connectivity index (χ3v) is 1.51. The molecule has 60 valence electrons. The predicted molar refractivity (Wildman–Crippen MR) is 49.7 cm³/mol. The lowest BCUT2D eigenvalue weighted by molar-refractivity contribution is 0.717. The minimum absolute atomic E-state index is 0.128. The van der Waals surface area contributed by atoms with E-state index in [2.05, 4.69) is 16.9 Å². The highest BCUT2D eigenvalue weighted by Gasteiger charge is 2.11. The summed E-state index contributed by atoms with van der Waals surface area (Å²) in [6.45, 7) is 6.94. The van der Waals surface area contributed by atoms with E-state index < -0.39 is 0 Å². The Bertz CT molecular complexity index is 222. The first-order valence-corrected chi connectivity index (χ1v) is 3.82. The van der Waals surface area contributed by atoms with Gasteiger partial charge in [-0.25, -0.2) is 0 Å². The van der Waals surface area contributed by atoms with Crippen LogP contribution in [0.4, 0.5) is 0 Å². The van der Waals surface area contributed by atoms with Gasteiger partial charge in [0.05, 0.1) is 12.1 Å². The Balaban J connectivity index is 2.84. The molecule has 0 saturated carbocycles. The van der Waals surface area contributed by atoms with Crippen LogP contribution in [0.5, 0.6) is 0 Å². The van der Waals surface area contributed by atoms with Crippen molar-refractivity contribution in [1.29, 1.82) is 0 Å². The lowest BCUT2D eigenvalue weighted by Gasteiger charge is -2.13. The van der Waals surface area contributed by atoms with Crippen molar-refractivity contribution in [3.05, 3.63) is 11.6 Å². The maximum Gasteiger partial charge on any atom is 0.0897 e. The zero-order valence-corrected chi connectivity index (χ0v) is 7.33. The molecule has 0 bridgehead atoms. The van der Waals surface area contributed by atoms with Crippen molar-refractivity contribution in [3.63, 3.8) is 0 Å². The van der Waals surface area contributed by atoms with Gasteiger partial charge in [-0.1, -0.05) is 5.57 Å². The summed E-state index contributed by atoms with van der Waals surface area (Å²) in [5, 5.41) is 0. The fourth-order valence-electron chi connectivity index (χ4n) is 0.856. The van der Waals surface area contributed by atoms with Crippen molar-refractivity contribution in [1.82, 2.24) is 0 Å². The first-order chi connectivity index (χ1) is 5.10. The van der Waals surface area contributed by atoms with Gasteiger partial charge in [-0.3, -0.25) is 9.98 Å². The van der Waals surface area contributed by atoms with Crippen LogP contribution >= 0.6 is 0 Å². The molecule has 0 aromatic carbocycles. The van der Waals surface area contributed by atoms with Gasteiger partial charge in [0, 0.05) is 12.4 Å². The Morgan fingerprint density at radius 3 is 2.91 bits per heavy atom. The van der Waals surface area contributed by atoms with E-state index in [1.54, 1.807) is 0 Å². The fraction of sp³-hybridized carbons (Fsp3) is 0.556. The summed E-state index contributed by atoms with van der Waals surface area (Å²) in [4.78, 5) is 8.57. The van der Waals surface area contributed by atoms with Crippen LogP contribution in [0.3, 0.4) is 0 Å². The Morgan fingerprint density at radius 1 is 1.45 bits per heavy atom. The summed E-state index contributed by atoms with van der Waals surface area (Å²) in [6, 6.07) is 0. The Morgan fingerprint density at radius 2 is 2.18 bits per heavy atom. The molecule has 0 aliphatic carbocycles. The van der Waals surface area contributed by atoms with Crippen molar-refractivity contribution in [2.75, 3.05) is 6.54 Å². The second kappa shape index (κ2) is 2.99. The van der Waals surface area contributed by atoms with Crippen molar-refractivity contribution in [2.45, 2.75) is 26.3 Å². The quantitative estimate of drug-likeness (QED) is 0.503. The summed E-state index contributed by atoms with van der Waals surface area (Å²) in [6.07, 6.45) is 5.78. The zero-order chi connectivity index (χ0) is 8.32. The van der Waals surface area contributed by atoms with Crippen molar-refractivity contribution in [2.24, 2.45) is 9.98 Å². The number of hydrogen-bond donors (Lipinski definition) is 0. The minimum Gasteiger partial charge on any atom is -0.291 e. The van der Waals surface area contributed by atoms with E-state index in [0.29, 0.717) is 0 Å². The summed E-state index contributed by atoms with van der Waals surface area (Å²) in [5.74, 6) is 0. The summed E-state index contributed by atoms with van der Waals surface area (Å²) in [7, 11) is 0. The van der Waals surface area contributed by atoms with Gasteiger partial charge in [0.1, 0.15) is 0 Å². The second-order valence-electron chi connectivity index (χ2n) is 3.41. The second-order valence-corrected chi connectivity index (χ2v) is 3.41.